The summed E-state index contributed by atoms with van der Waals surface area (Å²) in [5.41, 5.74) is 1.57. The van der Waals surface area contributed by atoms with Gasteiger partial charge in [-0.2, -0.15) is 0 Å². The number of aliphatic carboxylic acids is 1. The maximum atomic E-state index is 14.5. The number of carboxylic acid groups (broad SMARTS) is 1. The van der Waals surface area contributed by atoms with Crippen molar-refractivity contribution in [3.63, 3.8) is 0 Å². The van der Waals surface area contributed by atoms with E-state index in [2.05, 4.69) is 20.3 Å². The van der Waals surface area contributed by atoms with Gasteiger partial charge in [0.15, 0.2) is 28.4 Å². The van der Waals surface area contributed by atoms with Gasteiger partial charge in [0, 0.05) is 41.1 Å². The summed E-state index contributed by atoms with van der Waals surface area (Å²) in [6.07, 6.45) is 4.17. The average molecular weight is 589 g/mol. The molecular weight excluding hydrogens is 566 g/mol. The lowest BCUT2D eigenvalue weighted by atomic mass is 9.75. The van der Waals surface area contributed by atoms with E-state index in [0.29, 0.717) is 60.3 Å². The summed E-state index contributed by atoms with van der Waals surface area (Å²) in [4.78, 5) is 38.1. The fourth-order valence-corrected chi connectivity index (χ4v) is 6.33. The van der Waals surface area contributed by atoms with E-state index >= 15 is 0 Å². The van der Waals surface area contributed by atoms with Crippen LogP contribution in [0.4, 0.5) is 8.78 Å². The van der Waals surface area contributed by atoms with Gasteiger partial charge in [-0.1, -0.05) is 17.7 Å². The number of benzene rings is 1. The Balaban J connectivity index is 1.39. The Kier molecular flexibility index (Phi) is 6.91. The molecule has 3 heterocycles. The van der Waals surface area contributed by atoms with E-state index in [-0.39, 0.29) is 28.9 Å². The molecule has 2 aliphatic carbocycles. The van der Waals surface area contributed by atoms with Crippen molar-refractivity contribution < 1.29 is 32.6 Å². The molecule has 1 aromatic carbocycles. The lowest BCUT2D eigenvalue weighted by Gasteiger charge is -2.32. The summed E-state index contributed by atoms with van der Waals surface area (Å²) in [5.74, 6) is -2.95. The van der Waals surface area contributed by atoms with Gasteiger partial charge in [0.2, 0.25) is 0 Å². The Labute approximate surface area is 235 Å². The zero-order valence-corrected chi connectivity index (χ0v) is 22.7. The Morgan fingerprint density at radius 2 is 2.05 bits per heavy atom. The molecule has 0 amide bonds. The van der Waals surface area contributed by atoms with Crippen molar-refractivity contribution in [2.24, 2.45) is 16.8 Å². The predicted molar refractivity (Wildman–Crippen MR) is 140 cm³/mol. The Hall–Kier alpha value is -3.64. The van der Waals surface area contributed by atoms with Crippen LogP contribution in [0.2, 0.25) is 5.02 Å². The second-order valence-corrected chi connectivity index (χ2v) is 11.3. The summed E-state index contributed by atoms with van der Waals surface area (Å²) in [6.45, 7) is 0. The topological polar surface area (TPSA) is 127 Å². The van der Waals surface area contributed by atoms with Crippen molar-refractivity contribution in [2.45, 2.75) is 44.1 Å². The number of methoxy groups -OCH3 is 1. The molecule has 2 atom stereocenters. The zero-order valence-electron chi connectivity index (χ0n) is 21.1. The number of esters is 1. The van der Waals surface area contributed by atoms with E-state index in [9.17, 15) is 23.5 Å². The van der Waals surface area contributed by atoms with Gasteiger partial charge in [-0.15, -0.1) is 11.3 Å². The molecule has 9 nitrogen and oxygen atoms in total. The molecule has 2 N–H and O–H groups in total. The summed E-state index contributed by atoms with van der Waals surface area (Å²) in [6, 6.07) is 1.18. The second kappa shape index (κ2) is 10.4. The number of aromatic nitrogens is 2. The first-order valence-corrected chi connectivity index (χ1v) is 13.9. The lowest BCUT2D eigenvalue weighted by Crippen LogP contribution is -2.38. The molecule has 1 saturated carbocycles. The zero-order chi connectivity index (χ0) is 28.1. The number of thiazole rings is 1. The number of carbonyl (C=O) groups excluding carboxylic acids is 1. The standard InChI is InChI=1S/C27H23ClF2N4O5S/c1-38-27(37)18-21(11-2-5-16-17(10-11)39-24(32-16)12-8-13(9-12)26(35)36)33-23(25-31-6-7-40-25)34-22(18)14-3-4-15(29)20(30)19(14)28/h3-4,6-7,11-13,22H,2,5,8-10H2,1H3,(H,33,34)(H,35,36). The van der Waals surface area contributed by atoms with Crippen molar-refractivity contribution in [2.75, 3.05) is 7.11 Å². The molecule has 0 bridgehead atoms. The van der Waals surface area contributed by atoms with Gasteiger partial charge in [0.1, 0.15) is 11.8 Å². The molecule has 208 valence electrons. The van der Waals surface area contributed by atoms with Crippen LogP contribution >= 0.6 is 22.9 Å². The number of aryl methyl sites for hydroxylation is 1. The summed E-state index contributed by atoms with van der Waals surface area (Å²) < 4.78 is 39.7. The number of hydrogen-bond acceptors (Lipinski definition) is 9. The maximum Gasteiger partial charge on any atom is 0.338 e. The van der Waals surface area contributed by atoms with Gasteiger partial charge in [0.05, 0.1) is 29.3 Å². The molecule has 2 aromatic heterocycles. The number of carboxylic acids is 1. The number of fused-ring (bicyclic) bond motifs is 1. The highest BCUT2D eigenvalue weighted by molar-refractivity contribution is 7.11. The molecule has 13 heteroatoms. The summed E-state index contributed by atoms with van der Waals surface area (Å²) in [5, 5.41) is 14.3. The van der Waals surface area contributed by atoms with Crippen molar-refractivity contribution in [1.82, 2.24) is 15.3 Å². The van der Waals surface area contributed by atoms with Crippen LogP contribution in [0.15, 0.2) is 44.4 Å². The van der Waals surface area contributed by atoms with Crippen LogP contribution in [-0.4, -0.2) is 40.0 Å². The number of allylic oxidation sites excluding steroid dienone is 1. The van der Waals surface area contributed by atoms with Crippen LogP contribution in [0.25, 0.3) is 0 Å². The highest BCUT2D eigenvalue weighted by Gasteiger charge is 2.41. The first-order valence-electron chi connectivity index (χ1n) is 12.7. The van der Waals surface area contributed by atoms with Crippen LogP contribution in [0.1, 0.15) is 59.1 Å². The van der Waals surface area contributed by atoms with Crippen molar-refractivity contribution in [3.8, 4) is 0 Å². The maximum absolute atomic E-state index is 14.5. The molecule has 6 rings (SSSR count). The van der Waals surface area contributed by atoms with E-state index in [1.165, 1.54) is 24.5 Å². The van der Waals surface area contributed by atoms with E-state index in [1.54, 1.807) is 11.6 Å². The van der Waals surface area contributed by atoms with Gasteiger partial charge < -0.3 is 19.6 Å². The first-order chi connectivity index (χ1) is 19.2. The monoisotopic (exact) mass is 588 g/mol. The Morgan fingerprint density at radius 3 is 2.75 bits per heavy atom. The molecule has 0 saturated heterocycles. The molecule has 40 heavy (non-hydrogen) atoms. The number of carbonyl (C=O) groups is 2. The Morgan fingerprint density at radius 1 is 1.25 bits per heavy atom. The highest BCUT2D eigenvalue weighted by atomic mass is 35.5. The highest BCUT2D eigenvalue weighted by Crippen LogP contribution is 2.44. The molecule has 1 fully saturated rings. The lowest BCUT2D eigenvalue weighted by molar-refractivity contribution is -0.145. The molecular formula is C27H23ClF2N4O5S. The Bertz CT molecular complexity index is 1560. The largest absolute Gasteiger partial charge is 0.481 e. The first kappa shape index (κ1) is 26.6. The molecule has 0 spiro atoms. The van der Waals surface area contributed by atoms with Crippen LogP contribution < -0.4 is 5.32 Å². The predicted octanol–water partition coefficient (Wildman–Crippen LogP) is 4.96. The summed E-state index contributed by atoms with van der Waals surface area (Å²) >= 11 is 7.57. The van der Waals surface area contributed by atoms with Crippen LogP contribution in [0.3, 0.4) is 0 Å². The van der Waals surface area contributed by atoms with Crippen LogP contribution in [0.5, 0.6) is 0 Å². The number of oxazole rings is 1. The van der Waals surface area contributed by atoms with Gasteiger partial charge in [-0.3, -0.25) is 9.79 Å². The van der Waals surface area contributed by atoms with Gasteiger partial charge >= 0.3 is 11.9 Å². The van der Waals surface area contributed by atoms with E-state index in [1.807, 2.05) is 0 Å². The number of nitrogens with one attached hydrogen (secondary N) is 1. The normalized spacial score (nSPS) is 24.1. The number of hydrogen-bond donors (Lipinski definition) is 2. The number of nitrogens with zero attached hydrogens (tertiary/aromatic N) is 3. The minimum absolute atomic E-state index is 0.0358. The fourth-order valence-electron chi connectivity index (χ4n) is 5.48. The van der Waals surface area contributed by atoms with Gasteiger partial charge in [0.25, 0.3) is 0 Å². The van der Waals surface area contributed by atoms with E-state index in [0.717, 1.165) is 11.8 Å². The molecule has 0 radical (unpaired) electrons. The van der Waals surface area contributed by atoms with Crippen LogP contribution in [-0.2, 0) is 27.2 Å². The van der Waals surface area contributed by atoms with Crippen molar-refractivity contribution in [1.29, 1.82) is 0 Å². The third-order valence-electron chi connectivity index (χ3n) is 7.68. The average Bonchev–Trinajstić information content (AvgIpc) is 3.60. The summed E-state index contributed by atoms with van der Waals surface area (Å²) in [7, 11) is 1.24. The number of halogens is 3. The minimum Gasteiger partial charge on any atom is -0.481 e. The van der Waals surface area contributed by atoms with E-state index < -0.39 is 34.6 Å². The third-order valence-corrected chi connectivity index (χ3v) is 8.84. The van der Waals surface area contributed by atoms with Crippen LogP contribution in [0, 0.1) is 23.5 Å². The SMILES string of the molecule is COC(=O)C1=C(C2CCc3nc(C4CC(C(=O)O)C4)oc3C2)NC(c2nccs2)=NC1c1ccc(F)c(F)c1Cl. The van der Waals surface area contributed by atoms with Gasteiger partial charge in [-0.25, -0.2) is 23.5 Å². The third kappa shape index (κ3) is 4.58. The number of amidine groups is 1. The van der Waals surface area contributed by atoms with E-state index in [4.69, 9.17) is 20.8 Å². The molecule has 1 aliphatic heterocycles. The quantitative estimate of drug-likeness (QED) is 0.305. The number of rotatable bonds is 6. The number of ether oxygens (including phenoxy) is 1. The molecule has 2 unspecified atom stereocenters. The van der Waals surface area contributed by atoms with Crippen molar-refractivity contribution in [3.05, 3.63) is 79.6 Å². The smallest absolute Gasteiger partial charge is 0.338 e. The minimum atomic E-state index is -1.23. The van der Waals surface area contributed by atoms with Gasteiger partial charge in [-0.05, 0) is 31.7 Å². The van der Waals surface area contributed by atoms with Crippen molar-refractivity contribution >= 4 is 40.7 Å². The second-order valence-electron chi connectivity index (χ2n) is 9.99. The number of aliphatic imine (C=N–C) groups is 1. The fraction of sp³-hybridized carbons (Fsp3) is 0.370. The molecule has 3 aromatic rings. The molecule has 3 aliphatic rings.